The number of aromatic nitrogens is 2. The van der Waals surface area contributed by atoms with Crippen LogP contribution in [-0.2, 0) is 11.2 Å². The lowest BCUT2D eigenvalue weighted by Gasteiger charge is -2.06. The summed E-state index contributed by atoms with van der Waals surface area (Å²) in [5, 5.41) is 6.92. The first-order chi connectivity index (χ1) is 17.1. The lowest BCUT2D eigenvalue weighted by molar-refractivity contribution is -0.121. The van der Waals surface area contributed by atoms with Gasteiger partial charge in [0.15, 0.2) is 5.78 Å². The maximum Gasteiger partial charge on any atom is 0.226 e. The number of methoxy groups -OCH3 is 1. The second kappa shape index (κ2) is 13.9. The minimum absolute atomic E-state index is 0.0456. The molecule has 0 radical (unpaired) electrons. The molecule has 8 nitrogen and oxygen atoms in total. The number of unbranched alkanes of at least 4 members (excludes halogenated alkanes) is 2. The van der Waals surface area contributed by atoms with Crippen molar-refractivity contribution in [3.63, 3.8) is 0 Å². The SMILES string of the molecule is CCCOc1ccc(C(=O)CCC(=O)NCCCCCc2nc(-c3ccc(OC)cc3)no2)cc1. The molecule has 35 heavy (non-hydrogen) atoms. The van der Waals surface area contributed by atoms with Crippen LogP contribution in [0.25, 0.3) is 11.4 Å². The Hall–Kier alpha value is -3.68. The molecular weight excluding hydrogens is 446 g/mol. The molecule has 0 bridgehead atoms. The van der Waals surface area contributed by atoms with Crippen molar-refractivity contribution in [2.75, 3.05) is 20.3 Å². The fourth-order valence-electron chi connectivity index (χ4n) is 3.44. The number of rotatable bonds is 15. The van der Waals surface area contributed by atoms with Crippen LogP contribution in [0.5, 0.6) is 11.5 Å². The molecule has 0 fully saturated rings. The predicted molar refractivity (Wildman–Crippen MR) is 133 cm³/mol. The highest BCUT2D eigenvalue weighted by atomic mass is 16.5. The van der Waals surface area contributed by atoms with E-state index in [9.17, 15) is 9.59 Å². The predicted octanol–water partition coefficient (Wildman–Crippen LogP) is 5.03. The van der Waals surface area contributed by atoms with Gasteiger partial charge in [0.2, 0.25) is 17.6 Å². The Kier molecular flexibility index (Phi) is 10.3. The number of ether oxygens (including phenoxy) is 2. The standard InChI is InChI=1S/C27H33N3O5/c1-3-19-34-23-14-8-20(9-15-23)24(31)16-17-25(32)28-18-6-4-5-7-26-29-27(30-35-26)21-10-12-22(33-2)13-11-21/h8-15H,3-7,16-19H2,1-2H3,(H,28,32). The zero-order chi connectivity index (χ0) is 24.9. The van der Waals surface area contributed by atoms with Crippen molar-refractivity contribution in [3.05, 3.63) is 60.0 Å². The summed E-state index contributed by atoms with van der Waals surface area (Å²) in [6, 6.07) is 14.6. The van der Waals surface area contributed by atoms with Gasteiger partial charge in [-0.2, -0.15) is 4.98 Å². The molecule has 1 amide bonds. The van der Waals surface area contributed by atoms with E-state index < -0.39 is 0 Å². The molecule has 0 spiro atoms. The van der Waals surface area contributed by atoms with Gasteiger partial charge in [-0.1, -0.05) is 18.5 Å². The largest absolute Gasteiger partial charge is 0.497 e. The van der Waals surface area contributed by atoms with Gasteiger partial charge in [0.25, 0.3) is 0 Å². The third kappa shape index (κ3) is 8.55. The average molecular weight is 480 g/mol. The number of aryl methyl sites for hydroxylation is 1. The molecule has 3 aromatic rings. The summed E-state index contributed by atoms with van der Waals surface area (Å²) in [7, 11) is 1.62. The van der Waals surface area contributed by atoms with Crippen LogP contribution in [0.2, 0.25) is 0 Å². The Labute approximate surface area is 206 Å². The molecule has 0 aliphatic carbocycles. The van der Waals surface area contributed by atoms with E-state index >= 15 is 0 Å². The van der Waals surface area contributed by atoms with Gasteiger partial charge in [-0.15, -0.1) is 0 Å². The second-order valence-electron chi connectivity index (χ2n) is 8.20. The fraction of sp³-hybridized carbons (Fsp3) is 0.407. The van der Waals surface area contributed by atoms with E-state index in [4.69, 9.17) is 14.0 Å². The van der Waals surface area contributed by atoms with Gasteiger partial charge in [0, 0.05) is 36.9 Å². The summed E-state index contributed by atoms with van der Waals surface area (Å²) < 4.78 is 16.0. The molecule has 3 rings (SSSR count). The van der Waals surface area contributed by atoms with E-state index in [0.29, 0.717) is 36.9 Å². The summed E-state index contributed by atoms with van der Waals surface area (Å²) >= 11 is 0. The summed E-state index contributed by atoms with van der Waals surface area (Å²) in [6.45, 7) is 3.27. The van der Waals surface area contributed by atoms with Crippen LogP contribution in [0.3, 0.4) is 0 Å². The van der Waals surface area contributed by atoms with Gasteiger partial charge >= 0.3 is 0 Å². The number of ketones is 1. The Balaban J connectivity index is 1.27. The topological polar surface area (TPSA) is 104 Å². The first kappa shape index (κ1) is 25.9. The second-order valence-corrected chi connectivity index (χ2v) is 8.20. The Morgan fingerprint density at radius 2 is 1.69 bits per heavy atom. The quantitative estimate of drug-likeness (QED) is 0.241. The van der Waals surface area contributed by atoms with Crippen LogP contribution >= 0.6 is 0 Å². The number of hydrogen-bond acceptors (Lipinski definition) is 7. The van der Waals surface area contributed by atoms with Crippen molar-refractivity contribution in [1.29, 1.82) is 0 Å². The maximum absolute atomic E-state index is 12.3. The van der Waals surface area contributed by atoms with Crippen LogP contribution in [0, 0.1) is 0 Å². The third-order valence-corrected chi connectivity index (χ3v) is 5.43. The molecule has 0 saturated heterocycles. The Morgan fingerprint density at radius 1 is 0.943 bits per heavy atom. The van der Waals surface area contributed by atoms with E-state index in [1.54, 1.807) is 31.4 Å². The van der Waals surface area contributed by atoms with Gasteiger partial charge in [0.05, 0.1) is 13.7 Å². The Bertz CT molecular complexity index is 1060. The van der Waals surface area contributed by atoms with Crippen molar-refractivity contribution in [1.82, 2.24) is 15.5 Å². The van der Waals surface area contributed by atoms with Crippen LogP contribution in [0.15, 0.2) is 53.1 Å². The van der Waals surface area contributed by atoms with Gasteiger partial charge < -0.3 is 19.3 Å². The highest BCUT2D eigenvalue weighted by molar-refractivity contribution is 5.98. The number of benzene rings is 2. The number of nitrogens with zero attached hydrogens (tertiary/aromatic N) is 2. The number of carbonyl (C=O) groups excluding carboxylic acids is 2. The van der Waals surface area contributed by atoms with Crippen LogP contribution in [0.4, 0.5) is 0 Å². The van der Waals surface area contributed by atoms with Crippen molar-refractivity contribution in [3.8, 4) is 22.9 Å². The molecule has 8 heteroatoms. The van der Waals surface area contributed by atoms with Crippen molar-refractivity contribution in [2.24, 2.45) is 0 Å². The summed E-state index contributed by atoms with van der Waals surface area (Å²) in [6.07, 6.45) is 4.65. The molecule has 0 unspecified atom stereocenters. The van der Waals surface area contributed by atoms with Gasteiger partial charge in [-0.05, 0) is 67.8 Å². The minimum atomic E-state index is -0.109. The zero-order valence-electron chi connectivity index (χ0n) is 20.4. The highest BCUT2D eigenvalue weighted by Crippen LogP contribution is 2.20. The average Bonchev–Trinajstić information content (AvgIpc) is 3.37. The third-order valence-electron chi connectivity index (χ3n) is 5.43. The molecule has 1 heterocycles. The number of nitrogens with one attached hydrogen (secondary N) is 1. The van der Waals surface area contributed by atoms with Crippen molar-refractivity contribution in [2.45, 2.75) is 51.9 Å². The molecule has 0 aliphatic rings. The first-order valence-electron chi connectivity index (χ1n) is 12.1. The van der Waals surface area contributed by atoms with E-state index in [0.717, 1.165) is 42.7 Å². The number of carbonyl (C=O) groups is 2. The van der Waals surface area contributed by atoms with Gasteiger partial charge in [-0.25, -0.2) is 0 Å². The number of amides is 1. The summed E-state index contributed by atoms with van der Waals surface area (Å²) in [5.41, 5.74) is 1.47. The highest BCUT2D eigenvalue weighted by Gasteiger charge is 2.10. The monoisotopic (exact) mass is 479 g/mol. The normalized spacial score (nSPS) is 10.7. The molecule has 0 atom stereocenters. The van der Waals surface area contributed by atoms with Crippen LogP contribution < -0.4 is 14.8 Å². The lowest BCUT2D eigenvalue weighted by Crippen LogP contribution is -2.24. The summed E-state index contributed by atoms with van der Waals surface area (Å²) in [5.74, 6) is 2.53. The first-order valence-corrected chi connectivity index (χ1v) is 12.1. The smallest absolute Gasteiger partial charge is 0.226 e. The Morgan fingerprint density at radius 3 is 2.40 bits per heavy atom. The molecule has 0 saturated carbocycles. The number of Topliss-reactive ketones (excluding diaryl/α,β-unsaturated/α-hetero) is 1. The molecular formula is C27H33N3O5. The van der Waals surface area contributed by atoms with E-state index in [1.165, 1.54) is 0 Å². The number of hydrogen-bond donors (Lipinski definition) is 1. The zero-order valence-corrected chi connectivity index (χ0v) is 20.4. The van der Waals surface area contributed by atoms with Gasteiger partial charge in [0.1, 0.15) is 11.5 Å². The van der Waals surface area contributed by atoms with E-state index in [-0.39, 0.29) is 24.5 Å². The lowest BCUT2D eigenvalue weighted by atomic mass is 10.1. The molecule has 0 aliphatic heterocycles. The molecule has 186 valence electrons. The van der Waals surface area contributed by atoms with Crippen molar-refractivity contribution < 1.29 is 23.6 Å². The molecule has 1 N–H and O–H groups in total. The molecule has 1 aromatic heterocycles. The van der Waals surface area contributed by atoms with Gasteiger partial charge in [-0.3, -0.25) is 9.59 Å². The van der Waals surface area contributed by atoms with E-state index in [1.807, 2.05) is 31.2 Å². The minimum Gasteiger partial charge on any atom is -0.497 e. The van der Waals surface area contributed by atoms with Crippen LogP contribution in [-0.4, -0.2) is 42.1 Å². The maximum atomic E-state index is 12.3. The molecule has 2 aromatic carbocycles. The fourth-order valence-corrected chi connectivity index (χ4v) is 3.44. The van der Waals surface area contributed by atoms with Crippen LogP contribution in [0.1, 0.15) is 61.7 Å². The van der Waals surface area contributed by atoms with Crippen molar-refractivity contribution >= 4 is 11.7 Å². The summed E-state index contributed by atoms with van der Waals surface area (Å²) in [4.78, 5) is 28.8. The van der Waals surface area contributed by atoms with E-state index in [2.05, 4.69) is 15.5 Å².